The standard InChI is InChI=1S/C21H23ClO4/c1-13-7-8-16-15(10-13)19-17(25-20(23)24)11-14(6-4-5-9-22)12-18(19)26-21(16,2)3/h7-8,10-12H,4-6,9H2,1-3H3,(H,23,24). The fourth-order valence-electron chi connectivity index (χ4n) is 3.45. The molecule has 0 bridgehead atoms. The molecule has 2 aromatic carbocycles. The van der Waals surface area contributed by atoms with E-state index in [2.05, 4.69) is 6.07 Å². The van der Waals surface area contributed by atoms with Gasteiger partial charge >= 0.3 is 6.16 Å². The average Bonchev–Trinajstić information content (AvgIpc) is 2.53. The van der Waals surface area contributed by atoms with Crippen LogP contribution in [0.2, 0.25) is 0 Å². The van der Waals surface area contributed by atoms with Crippen LogP contribution in [0.3, 0.4) is 0 Å². The summed E-state index contributed by atoms with van der Waals surface area (Å²) >= 11 is 5.76. The van der Waals surface area contributed by atoms with E-state index in [9.17, 15) is 9.90 Å². The molecule has 2 aromatic rings. The largest absolute Gasteiger partial charge is 0.511 e. The van der Waals surface area contributed by atoms with E-state index in [0.717, 1.165) is 41.5 Å². The van der Waals surface area contributed by atoms with E-state index in [1.807, 2.05) is 39.0 Å². The van der Waals surface area contributed by atoms with Crippen LogP contribution >= 0.6 is 11.6 Å². The van der Waals surface area contributed by atoms with Gasteiger partial charge in [0.15, 0.2) is 0 Å². The Balaban J connectivity index is 2.16. The van der Waals surface area contributed by atoms with Gasteiger partial charge in [-0.05, 0) is 63.3 Å². The molecule has 1 aliphatic heterocycles. The first kappa shape index (κ1) is 18.6. The Morgan fingerprint density at radius 1 is 1.23 bits per heavy atom. The number of fused-ring (bicyclic) bond motifs is 3. The lowest BCUT2D eigenvalue weighted by Gasteiger charge is -2.36. The Kier molecular flexibility index (Phi) is 5.15. The molecule has 3 rings (SSSR count). The quantitative estimate of drug-likeness (QED) is 0.306. The molecule has 1 heterocycles. The van der Waals surface area contributed by atoms with Gasteiger partial charge in [0.1, 0.15) is 17.1 Å². The van der Waals surface area contributed by atoms with Crippen molar-refractivity contribution in [1.29, 1.82) is 0 Å². The first-order chi connectivity index (χ1) is 12.3. The molecule has 0 aromatic heterocycles. The third-order valence-electron chi connectivity index (χ3n) is 4.63. The minimum Gasteiger partial charge on any atom is -0.482 e. The molecule has 0 fully saturated rings. The number of ether oxygens (including phenoxy) is 2. The molecule has 4 nitrogen and oxygen atoms in total. The van der Waals surface area contributed by atoms with Crippen LogP contribution in [0, 0.1) is 6.92 Å². The Labute approximate surface area is 158 Å². The van der Waals surface area contributed by atoms with Crippen molar-refractivity contribution in [2.45, 2.75) is 45.6 Å². The van der Waals surface area contributed by atoms with E-state index in [1.54, 1.807) is 6.07 Å². The molecule has 5 heteroatoms. The first-order valence-electron chi connectivity index (χ1n) is 8.76. The van der Waals surface area contributed by atoms with Crippen LogP contribution in [-0.4, -0.2) is 17.1 Å². The van der Waals surface area contributed by atoms with Gasteiger partial charge in [-0.2, -0.15) is 0 Å². The van der Waals surface area contributed by atoms with Crippen molar-refractivity contribution in [3.63, 3.8) is 0 Å². The van der Waals surface area contributed by atoms with E-state index in [-0.39, 0.29) is 0 Å². The summed E-state index contributed by atoms with van der Waals surface area (Å²) in [6, 6.07) is 9.92. The van der Waals surface area contributed by atoms with Gasteiger partial charge in [0.05, 0.1) is 5.56 Å². The van der Waals surface area contributed by atoms with Crippen molar-refractivity contribution in [3.05, 3.63) is 47.0 Å². The molecule has 26 heavy (non-hydrogen) atoms. The van der Waals surface area contributed by atoms with Crippen molar-refractivity contribution in [3.8, 4) is 22.6 Å². The molecule has 1 aliphatic rings. The maximum absolute atomic E-state index is 11.3. The molecule has 0 saturated carbocycles. The number of halogens is 1. The Hall–Kier alpha value is -2.20. The SMILES string of the molecule is Cc1ccc2c(c1)-c1c(OC(=O)O)cc(CCCCCl)cc1OC2(C)C. The highest BCUT2D eigenvalue weighted by Gasteiger charge is 2.35. The third kappa shape index (κ3) is 3.65. The van der Waals surface area contributed by atoms with Gasteiger partial charge in [-0.15, -0.1) is 11.6 Å². The monoisotopic (exact) mass is 374 g/mol. The highest BCUT2D eigenvalue weighted by atomic mass is 35.5. The number of unbranched alkanes of at least 4 members (excludes halogenated alkanes) is 1. The van der Waals surface area contributed by atoms with Crippen LogP contribution in [0.1, 0.15) is 43.4 Å². The molecule has 1 N–H and O–H groups in total. The second-order valence-electron chi connectivity index (χ2n) is 7.14. The van der Waals surface area contributed by atoms with Gasteiger partial charge in [-0.1, -0.05) is 23.8 Å². The molecule has 138 valence electrons. The predicted molar refractivity (Wildman–Crippen MR) is 103 cm³/mol. The molecular formula is C21H23ClO4. The molecule has 0 atom stereocenters. The summed E-state index contributed by atoms with van der Waals surface area (Å²) in [6.45, 7) is 6.05. The second-order valence-corrected chi connectivity index (χ2v) is 7.52. The van der Waals surface area contributed by atoms with Crippen molar-refractivity contribution < 1.29 is 19.4 Å². The zero-order valence-electron chi connectivity index (χ0n) is 15.3. The third-order valence-corrected chi connectivity index (χ3v) is 4.90. The summed E-state index contributed by atoms with van der Waals surface area (Å²) in [6.07, 6.45) is 1.29. The number of rotatable bonds is 5. The van der Waals surface area contributed by atoms with Crippen molar-refractivity contribution in [2.75, 3.05) is 5.88 Å². The van der Waals surface area contributed by atoms with Crippen LogP contribution in [0.25, 0.3) is 11.1 Å². The number of benzene rings is 2. The van der Waals surface area contributed by atoms with Crippen molar-refractivity contribution >= 4 is 17.8 Å². The normalized spacial score (nSPS) is 14.2. The smallest absolute Gasteiger partial charge is 0.482 e. The predicted octanol–water partition coefficient (Wildman–Crippen LogP) is 5.91. The summed E-state index contributed by atoms with van der Waals surface area (Å²) in [5.41, 5.74) is 4.25. The average molecular weight is 375 g/mol. The zero-order chi connectivity index (χ0) is 18.9. The van der Waals surface area contributed by atoms with E-state index < -0.39 is 11.8 Å². The van der Waals surface area contributed by atoms with E-state index >= 15 is 0 Å². The summed E-state index contributed by atoms with van der Waals surface area (Å²) < 4.78 is 11.4. The minimum absolute atomic E-state index is 0.318. The van der Waals surface area contributed by atoms with Crippen LogP contribution in [-0.2, 0) is 12.0 Å². The second kappa shape index (κ2) is 7.20. The number of carboxylic acid groups (broad SMARTS) is 1. The highest BCUT2D eigenvalue weighted by molar-refractivity contribution is 6.17. The number of hydrogen-bond acceptors (Lipinski definition) is 3. The van der Waals surface area contributed by atoms with Gasteiger partial charge in [0.25, 0.3) is 0 Å². The number of aryl methyl sites for hydroxylation is 2. The Bertz CT molecular complexity index is 842. The highest BCUT2D eigenvalue weighted by Crippen LogP contribution is 2.50. The molecule has 0 amide bonds. The Morgan fingerprint density at radius 2 is 2.00 bits per heavy atom. The number of hydrogen-bond donors (Lipinski definition) is 1. The van der Waals surface area contributed by atoms with Gasteiger partial charge < -0.3 is 14.6 Å². The van der Waals surface area contributed by atoms with Gasteiger partial charge in [0.2, 0.25) is 0 Å². The summed E-state index contributed by atoms with van der Waals surface area (Å²) in [4.78, 5) is 11.3. The fraction of sp³-hybridized carbons (Fsp3) is 0.381. The van der Waals surface area contributed by atoms with Crippen LogP contribution in [0.15, 0.2) is 30.3 Å². The fourth-order valence-corrected chi connectivity index (χ4v) is 3.64. The maximum atomic E-state index is 11.3. The summed E-state index contributed by atoms with van der Waals surface area (Å²) in [5, 5.41) is 9.20. The van der Waals surface area contributed by atoms with Crippen molar-refractivity contribution in [2.24, 2.45) is 0 Å². The lowest BCUT2D eigenvalue weighted by atomic mass is 9.84. The molecule has 0 radical (unpaired) electrons. The van der Waals surface area contributed by atoms with Gasteiger partial charge in [-0.25, -0.2) is 4.79 Å². The lowest BCUT2D eigenvalue weighted by molar-refractivity contribution is 0.105. The molecule has 0 aliphatic carbocycles. The lowest BCUT2D eigenvalue weighted by Crippen LogP contribution is -2.29. The maximum Gasteiger partial charge on any atom is 0.511 e. The van der Waals surface area contributed by atoms with Crippen molar-refractivity contribution in [1.82, 2.24) is 0 Å². The summed E-state index contributed by atoms with van der Waals surface area (Å²) in [7, 11) is 0. The van der Waals surface area contributed by atoms with Crippen LogP contribution < -0.4 is 9.47 Å². The molecule has 0 spiro atoms. The number of alkyl halides is 1. The molecule has 0 unspecified atom stereocenters. The number of carbonyl (C=O) groups is 1. The van der Waals surface area contributed by atoms with E-state index in [0.29, 0.717) is 22.9 Å². The Morgan fingerprint density at radius 3 is 2.69 bits per heavy atom. The topological polar surface area (TPSA) is 55.8 Å². The van der Waals surface area contributed by atoms with Crippen LogP contribution in [0.4, 0.5) is 4.79 Å². The summed E-state index contributed by atoms with van der Waals surface area (Å²) in [5.74, 6) is 1.59. The van der Waals surface area contributed by atoms with Gasteiger partial charge in [0, 0.05) is 11.4 Å². The van der Waals surface area contributed by atoms with Gasteiger partial charge in [-0.3, -0.25) is 0 Å². The molecular weight excluding hydrogens is 352 g/mol. The molecule has 0 saturated heterocycles. The van der Waals surface area contributed by atoms with Crippen LogP contribution in [0.5, 0.6) is 11.5 Å². The van der Waals surface area contributed by atoms with E-state index in [1.165, 1.54) is 0 Å². The first-order valence-corrected chi connectivity index (χ1v) is 9.29. The van der Waals surface area contributed by atoms with E-state index in [4.69, 9.17) is 21.1 Å². The minimum atomic E-state index is -1.33. The zero-order valence-corrected chi connectivity index (χ0v) is 16.0.